The first kappa shape index (κ1) is 68.6. The van der Waals surface area contributed by atoms with Crippen molar-refractivity contribution in [1.82, 2.24) is 0 Å². The second kappa shape index (κ2) is 48.0. The van der Waals surface area contributed by atoms with Gasteiger partial charge in [-0.15, -0.1) is 0 Å². The van der Waals surface area contributed by atoms with Crippen molar-refractivity contribution in [3.05, 3.63) is 12.2 Å². The van der Waals surface area contributed by atoms with Gasteiger partial charge >= 0.3 is 19.8 Å². The lowest BCUT2D eigenvalue weighted by Crippen LogP contribution is -2.64. The van der Waals surface area contributed by atoms with E-state index in [1.807, 2.05) is 0 Å². The highest BCUT2D eigenvalue weighted by atomic mass is 31.2. The minimum absolute atomic E-state index is 0.101. The molecule has 1 aliphatic carbocycles. The molecule has 1 fully saturated rings. The highest BCUT2D eigenvalue weighted by Gasteiger charge is 2.51. The van der Waals surface area contributed by atoms with Crippen molar-refractivity contribution in [2.75, 3.05) is 13.2 Å². The second-order valence-electron chi connectivity index (χ2n) is 21.2. The number of allylic oxidation sites excluding steroid dienone is 2. The number of unbranched alkanes of at least 4 members (excludes halogenated alkanes) is 38. The molecule has 1 aliphatic rings. The lowest BCUT2D eigenvalue weighted by molar-refractivity contribution is -0.220. The third kappa shape index (κ3) is 39.0. The normalized spacial score (nSPS) is 20.5. The quantitative estimate of drug-likeness (QED) is 0.0145. The van der Waals surface area contributed by atoms with E-state index in [9.17, 15) is 44.6 Å². The summed E-state index contributed by atoms with van der Waals surface area (Å²) in [5, 5.41) is 50.4. The Kier molecular flexibility index (Phi) is 45.7. The van der Waals surface area contributed by atoms with Crippen molar-refractivity contribution in [2.24, 2.45) is 0 Å². The Balaban J connectivity index is 2.30. The van der Waals surface area contributed by atoms with E-state index in [0.29, 0.717) is 12.8 Å². The largest absolute Gasteiger partial charge is 0.472 e. The Morgan fingerprint density at radius 3 is 1.06 bits per heavy atom. The van der Waals surface area contributed by atoms with Gasteiger partial charge in [-0.1, -0.05) is 251 Å². The first-order valence-electron chi connectivity index (χ1n) is 30.0. The third-order valence-electron chi connectivity index (χ3n) is 14.4. The Bertz CT molecular complexity index is 1300. The van der Waals surface area contributed by atoms with Gasteiger partial charge in [-0.25, -0.2) is 4.57 Å². The maximum atomic E-state index is 12.9. The lowest BCUT2D eigenvalue weighted by Gasteiger charge is -2.41. The van der Waals surface area contributed by atoms with Crippen molar-refractivity contribution in [3.8, 4) is 0 Å². The van der Waals surface area contributed by atoms with Crippen LogP contribution >= 0.6 is 7.82 Å². The molecule has 0 aromatic heterocycles. The van der Waals surface area contributed by atoms with Crippen LogP contribution in [0.5, 0.6) is 0 Å². The van der Waals surface area contributed by atoms with E-state index in [1.165, 1.54) is 205 Å². The molecule has 14 heteroatoms. The molecule has 0 aliphatic heterocycles. The molecular weight excluding hydrogens is 936 g/mol. The zero-order chi connectivity index (χ0) is 52.8. The SMILES string of the molecule is CCCCCCCCCC/C=C\CCCCCCCCCCCCCC(=O)OC(COC(=O)CCCCCCCCCCCCCCCCCCCCCC)COP(=O)(O)OC1C(O)C(O)C(O)C(O)C1O. The number of phosphoric ester groups is 1. The van der Waals surface area contributed by atoms with Crippen LogP contribution in [-0.4, -0.2) is 98.3 Å². The molecule has 72 heavy (non-hydrogen) atoms. The number of rotatable bonds is 52. The van der Waals surface area contributed by atoms with Gasteiger partial charge in [0.05, 0.1) is 6.61 Å². The Labute approximate surface area is 439 Å². The number of hydrogen-bond donors (Lipinski definition) is 6. The van der Waals surface area contributed by atoms with Crippen LogP contribution in [0.1, 0.15) is 290 Å². The van der Waals surface area contributed by atoms with Crippen molar-refractivity contribution < 1.29 is 63.1 Å². The number of phosphoric acid groups is 1. The predicted molar refractivity (Wildman–Crippen MR) is 291 cm³/mol. The molecule has 0 radical (unpaired) electrons. The summed E-state index contributed by atoms with van der Waals surface area (Å²) in [4.78, 5) is 36.0. The molecular formula is C58H111O13P. The molecule has 0 aromatic carbocycles. The van der Waals surface area contributed by atoms with Crippen LogP contribution in [-0.2, 0) is 32.7 Å². The highest BCUT2D eigenvalue weighted by molar-refractivity contribution is 7.47. The topological polar surface area (TPSA) is 210 Å². The molecule has 1 saturated carbocycles. The average Bonchev–Trinajstić information content (AvgIpc) is 3.36. The third-order valence-corrected chi connectivity index (χ3v) is 15.3. The molecule has 13 nitrogen and oxygen atoms in total. The van der Waals surface area contributed by atoms with Crippen LogP contribution in [0.15, 0.2) is 12.2 Å². The monoisotopic (exact) mass is 1050 g/mol. The van der Waals surface area contributed by atoms with Crippen molar-refractivity contribution in [1.29, 1.82) is 0 Å². The van der Waals surface area contributed by atoms with Gasteiger partial charge in [-0.3, -0.25) is 18.6 Å². The van der Waals surface area contributed by atoms with Crippen LogP contribution in [0.3, 0.4) is 0 Å². The summed E-state index contributed by atoms with van der Waals surface area (Å²) in [6.45, 7) is 3.37. The molecule has 6 unspecified atom stereocenters. The van der Waals surface area contributed by atoms with E-state index in [4.69, 9.17) is 18.5 Å². The number of carbonyl (C=O) groups is 2. The Hall–Kier alpha value is -1.41. The van der Waals surface area contributed by atoms with E-state index in [1.54, 1.807) is 0 Å². The Morgan fingerprint density at radius 1 is 0.417 bits per heavy atom. The molecule has 6 N–H and O–H groups in total. The van der Waals surface area contributed by atoms with Crippen LogP contribution in [0.2, 0.25) is 0 Å². The first-order chi connectivity index (χ1) is 34.9. The van der Waals surface area contributed by atoms with Gasteiger partial charge in [0.15, 0.2) is 6.10 Å². The summed E-state index contributed by atoms with van der Waals surface area (Å²) in [5.41, 5.74) is 0. The zero-order valence-corrected chi connectivity index (χ0v) is 46.9. The molecule has 0 bridgehead atoms. The maximum Gasteiger partial charge on any atom is 0.472 e. The fourth-order valence-corrected chi connectivity index (χ4v) is 10.6. The fraction of sp³-hybridized carbons (Fsp3) is 0.931. The summed E-state index contributed by atoms with van der Waals surface area (Å²) >= 11 is 0. The standard InChI is InChI=1S/C58H111O13P/c1-3-5-7-9-11-13-15-17-19-21-23-25-26-27-29-31-33-35-37-39-41-43-45-47-52(60)70-50(49-69-72(66,67)71-58-56(64)54(62)53(61)55(63)57(58)65)48-68-51(59)46-44-42-40-38-36-34-32-30-28-24-22-20-18-16-14-12-10-8-6-4-2/h21,23,50,53-58,61-65H,3-20,22,24-49H2,1-2H3,(H,66,67)/b23-21-. The van der Waals surface area contributed by atoms with Crippen LogP contribution in [0, 0.1) is 0 Å². The molecule has 0 amide bonds. The van der Waals surface area contributed by atoms with Crippen molar-refractivity contribution in [2.45, 2.75) is 333 Å². The van der Waals surface area contributed by atoms with E-state index < -0.39 is 75.7 Å². The summed E-state index contributed by atoms with van der Waals surface area (Å²) < 4.78 is 33.8. The van der Waals surface area contributed by atoms with E-state index >= 15 is 0 Å². The number of carbonyl (C=O) groups excluding carboxylic acids is 2. The Morgan fingerprint density at radius 2 is 0.708 bits per heavy atom. The summed E-state index contributed by atoms with van der Waals surface area (Å²) in [6.07, 6.45) is 42.6. The summed E-state index contributed by atoms with van der Waals surface area (Å²) in [5.74, 6) is -1.08. The average molecular weight is 1050 g/mol. The molecule has 426 valence electrons. The van der Waals surface area contributed by atoms with Gasteiger partial charge in [-0.05, 0) is 38.5 Å². The van der Waals surface area contributed by atoms with Crippen LogP contribution < -0.4 is 0 Å². The highest BCUT2D eigenvalue weighted by Crippen LogP contribution is 2.47. The molecule has 0 aromatic rings. The van der Waals surface area contributed by atoms with Crippen LogP contribution in [0.25, 0.3) is 0 Å². The molecule has 1 rings (SSSR count). The van der Waals surface area contributed by atoms with Crippen molar-refractivity contribution in [3.63, 3.8) is 0 Å². The van der Waals surface area contributed by atoms with Gasteiger partial charge in [0, 0.05) is 12.8 Å². The predicted octanol–water partition coefficient (Wildman–Crippen LogP) is 14.1. The van der Waals surface area contributed by atoms with Crippen molar-refractivity contribution >= 4 is 19.8 Å². The van der Waals surface area contributed by atoms with Gasteiger partial charge < -0.3 is 39.9 Å². The number of hydrogen-bond acceptors (Lipinski definition) is 12. The van der Waals surface area contributed by atoms with E-state index in [2.05, 4.69) is 26.0 Å². The van der Waals surface area contributed by atoms with Gasteiger partial charge in [-0.2, -0.15) is 0 Å². The number of esters is 2. The van der Waals surface area contributed by atoms with Gasteiger partial charge in [0.25, 0.3) is 0 Å². The number of ether oxygens (including phenoxy) is 2. The fourth-order valence-electron chi connectivity index (χ4n) is 9.58. The minimum atomic E-state index is -5.12. The lowest BCUT2D eigenvalue weighted by atomic mass is 9.85. The zero-order valence-electron chi connectivity index (χ0n) is 46.0. The van der Waals surface area contributed by atoms with Gasteiger partial charge in [0.2, 0.25) is 0 Å². The maximum absolute atomic E-state index is 12.9. The minimum Gasteiger partial charge on any atom is -0.462 e. The molecule has 0 spiro atoms. The number of aliphatic hydroxyl groups excluding tert-OH is 5. The van der Waals surface area contributed by atoms with Gasteiger partial charge in [0.1, 0.15) is 43.2 Å². The molecule has 0 saturated heterocycles. The first-order valence-corrected chi connectivity index (χ1v) is 31.5. The summed E-state index contributed by atoms with van der Waals surface area (Å²) in [7, 11) is -5.12. The molecule has 6 atom stereocenters. The van der Waals surface area contributed by atoms with E-state index in [0.717, 1.165) is 44.9 Å². The van der Waals surface area contributed by atoms with E-state index in [-0.39, 0.29) is 12.8 Å². The van der Waals surface area contributed by atoms with Crippen LogP contribution in [0.4, 0.5) is 0 Å². The summed E-state index contributed by atoms with van der Waals surface area (Å²) in [6, 6.07) is 0. The number of aliphatic hydroxyl groups is 5. The second-order valence-corrected chi connectivity index (χ2v) is 22.6. The molecule has 0 heterocycles. The smallest absolute Gasteiger partial charge is 0.462 e.